The van der Waals surface area contributed by atoms with E-state index < -0.39 is 0 Å². The number of piperidine rings is 2. The van der Waals surface area contributed by atoms with Crippen molar-refractivity contribution in [3.05, 3.63) is 29.8 Å². The molecule has 0 spiro atoms. The maximum absolute atomic E-state index is 2.62. The van der Waals surface area contributed by atoms with Crippen molar-refractivity contribution < 1.29 is 0 Å². The van der Waals surface area contributed by atoms with E-state index in [1.54, 1.807) is 0 Å². The second-order valence-electron chi connectivity index (χ2n) is 7.35. The number of hydrogen-bond acceptors (Lipinski definition) is 3. The number of anilines is 1. The average Bonchev–Trinajstić information content (AvgIpc) is 2.62. The van der Waals surface area contributed by atoms with Crippen molar-refractivity contribution in [3.8, 4) is 0 Å². The molecule has 0 unspecified atom stereocenters. The Bertz CT molecular complexity index is 444. The smallest absolute Gasteiger partial charge is 0.0366 e. The summed E-state index contributed by atoms with van der Waals surface area (Å²) in [6.07, 6.45) is 8.30. The second kappa shape index (κ2) is 8.70. The van der Waals surface area contributed by atoms with E-state index in [0.29, 0.717) is 0 Å². The Morgan fingerprint density at radius 1 is 0.826 bits per heavy atom. The fraction of sp³-hybridized carbons (Fsp3) is 0.700. The zero-order chi connectivity index (χ0) is 15.9. The molecule has 3 nitrogen and oxygen atoms in total. The van der Waals surface area contributed by atoms with Crippen molar-refractivity contribution in [2.24, 2.45) is 0 Å². The summed E-state index contributed by atoms with van der Waals surface area (Å²) in [6.45, 7) is 8.53. The van der Waals surface area contributed by atoms with E-state index in [1.165, 1.54) is 89.0 Å². The largest absolute Gasteiger partial charge is 0.372 e. The molecule has 0 saturated carbocycles. The Morgan fingerprint density at radius 3 is 2.09 bits per heavy atom. The third-order valence-electron chi connectivity index (χ3n) is 5.36. The minimum Gasteiger partial charge on any atom is -0.372 e. The van der Waals surface area contributed by atoms with E-state index in [1.807, 2.05) is 0 Å². The Kier molecular flexibility index (Phi) is 6.35. The quantitative estimate of drug-likeness (QED) is 0.794. The van der Waals surface area contributed by atoms with Gasteiger partial charge in [0, 0.05) is 38.4 Å². The van der Waals surface area contributed by atoms with Gasteiger partial charge in [0.05, 0.1) is 0 Å². The fourth-order valence-electron chi connectivity index (χ4n) is 3.85. The minimum atomic E-state index is 1.06. The van der Waals surface area contributed by atoms with Crippen LogP contribution in [-0.4, -0.2) is 56.1 Å². The molecule has 0 amide bonds. The van der Waals surface area contributed by atoms with Crippen LogP contribution in [0.3, 0.4) is 0 Å². The summed E-state index contributed by atoms with van der Waals surface area (Å²) in [7, 11) is 2.25. The van der Waals surface area contributed by atoms with Gasteiger partial charge in [0.2, 0.25) is 0 Å². The average molecular weight is 316 g/mol. The van der Waals surface area contributed by atoms with E-state index >= 15 is 0 Å². The van der Waals surface area contributed by atoms with Gasteiger partial charge in [-0.05, 0) is 69.9 Å². The van der Waals surface area contributed by atoms with Crippen LogP contribution in [0.5, 0.6) is 0 Å². The molecule has 128 valence electrons. The maximum atomic E-state index is 2.62. The van der Waals surface area contributed by atoms with E-state index in [4.69, 9.17) is 0 Å². The first kappa shape index (κ1) is 16.8. The standard InChI is InChI=1S/C20H33N3/c1-21(16-17-22-12-4-2-5-13-22)18-19-8-10-20(11-9-19)23-14-6-3-7-15-23/h8-11H,2-7,12-18H2,1H3. The van der Waals surface area contributed by atoms with Gasteiger partial charge in [-0.25, -0.2) is 0 Å². The highest BCUT2D eigenvalue weighted by Gasteiger charge is 2.12. The van der Waals surface area contributed by atoms with Crippen LogP contribution in [0.25, 0.3) is 0 Å². The summed E-state index contributed by atoms with van der Waals surface area (Å²) in [6, 6.07) is 9.28. The van der Waals surface area contributed by atoms with Crippen LogP contribution < -0.4 is 4.90 Å². The molecule has 0 aliphatic carbocycles. The monoisotopic (exact) mass is 315 g/mol. The lowest BCUT2D eigenvalue weighted by Gasteiger charge is -2.29. The number of likely N-dealkylation sites (tertiary alicyclic amines) is 1. The lowest BCUT2D eigenvalue weighted by atomic mass is 10.1. The van der Waals surface area contributed by atoms with Crippen molar-refractivity contribution in [3.63, 3.8) is 0 Å². The van der Waals surface area contributed by atoms with Gasteiger partial charge in [-0.2, -0.15) is 0 Å². The predicted octanol–water partition coefficient (Wildman–Crippen LogP) is 3.59. The summed E-state index contributed by atoms with van der Waals surface area (Å²) >= 11 is 0. The number of likely N-dealkylation sites (N-methyl/N-ethyl adjacent to an activating group) is 1. The van der Waals surface area contributed by atoms with Crippen molar-refractivity contribution in [1.29, 1.82) is 0 Å². The zero-order valence-electron chi connectivity index (χ0n) is 14.8. The van der Waals surface area contributed by atoms with Crippen LogP contribution in [0.1, 0.15) is 44.1 Å². The highest BCUT2D eigenvalue weighted by molar-refractivity contribution is 5.47. The van der Waals surface area contributed by atoms with Crippen LogP contribution in [0.2, 0.25) is 0 Å². The maximum Gasteiger partial charge on any atom is 0.0366 e. The molecule has 23 heavy (non-hydrogen) atoms. The van der Waals surface area contributed by atoms with Crippen LogP contribution in [0, 0.1) is 0 Å². The number of nitrogens with zero attached hydrogens (tertiary/aromatic N) is 3. The zero-order valence-corrected chi connectivity index (χ0v) is 14.8. The third-order valence-corrected chi connectivity index (χ3v) is 5.36. The van der Waals surface area contributed by atoms with Crippen molar-refractivity contribution >= 4 is 5.69 Å². The van der Waals surface area contributed by atoms with Crippen LogP contribution in [-0.2, 0) is 6.54 Å². The van der Waals surface area contributed by atoms with Crippen molar-refractivity contribution in [2.75, 3.05) is 51.2 Å². The van der Waals surface area contributed by atoms with Gasteiger partial charge in [-0.1, -0.05) is 18.6 Å². The Labute approximate surface area is 142 Å². The summed E-state index contributed by atoms with van der Waals surface area (Å²) in [5, 5.41) is 0. The van der Waals surface area contributed by atoms with Crippen LogP contribution in [0.4, 0.5) is 5.69 Å². The van der Waals surface area contributed by atoms with E-state index in [0.717, 1.165) is 6.54 Å². The highest BCUT2D eigenvalue weighted by atomic mass is 15.2. The van der Waals surface area contributed by atoms with Gasteiger partial charge in [0.1, 0.15) is 0 Å². The Morgan fingerprint density at radius 2 is 1.43 bits per heavy atom. The van der Waals surface area contributed by atoms with Gasteiger partial charge in [-0.15, -0.1) is 0 Å². The van der Waals surface area contributed by atoms with E-state index in [-0.39, 0.29) is 0 Å². The molecule has 0 radical (unpaired) electrons. The molecule has 3 rings (SSSR count). The minimum absolute atomic E-state index is 1.06. The normalized spacial score (nSPS) is 20.2. The van der Waals surface area contributed by atoms with Gasteiger partial charge >= 0.3 is 0 Å². The van der Waals surface area contributed by atoms with Gasteiger partial charge in [0.15, 0.2) is 0 Å². The Hall–Kier alpha value is -1.06. The number of benzene rings is 1. The molecular weight excluding hydrogens is 282 g/mol. The third kappa shape index (κ3) is 5.22. The molecule has 2 heterocycles. The summed E-state index contributed by atoms with van der Waals surface area (Å²) in [4.78, 5) is 7.62. The lowest BCUT2D eigenvalue weighted by molar-refractivity contribution is 0.194. The summed E-state index contributed by atoms with van der Waals surface area (Å²) in [5.74, 6) is 0. The van der Waals surface area contributed by atoms with Crippen molar-refractivity contribution in [1.82, 2.24) is 9.80 Å². The molecule has 2 aliphatic heterocycles. The van der Waals surface area contributed by atoms with E-state index in [9.17, 15) is 0 Å². The van der Waals surface area contributed by atoms with Crippen molar-refractivity contribution in [2.45, 2.75) is 45.1 Å². The summed E-state index contributed by atoms with van der Waals surface area (Å²) < 4.78 is 0. The molecular formula is C20H33N3. The fourth-order valence-corrected chi connectivity index (χ4v) is 3.85. The SMILES string of the molecule is CN(CCN1CCCCC1)Cc1ccc(N2CCCCC2)cc1. The predicted molar refractivity (Wildman–Crippen MR) is 99.1 cm³/mol. The Balaban J connectivity index is 1.43. The molecule has 0 aromatic heterocycles. The molecule has 3 heteroatoms. The molecule has 1 aromatic rings. The van der Waals surface area contributed by atoms with Crippen LogP contribution >= 0.6 is 0 Å². The molecule has 0 N–H and O–H groups in total. The highest BCUT2D eigenvalue weighted by Crippen LogP contribution is 2.20. The van der Waals surface area contributed by atoms with Gasteiger partial charge in [-0.3, -0.25) is 0 Å². The second-order valence-corrected chi connectivity index (χ2v) is 7.35. The molecule has 2 fully saturated rings. The number of hydrogen-bond donors (Lipinski definition) is 0. The van der Waals surface area contributed by atoms with Crippen LogP contribution in [0.15, 0.2) is 24.3 Å². The number of rotatable bonds is 6. The summed E-state index contributed by atoms with van der Waals surface area (Å²) in [5.41, 5.74) is 2.84. The van der Waals surface area contributed by atoms with E-state index in [2.05, 4.69) is 46.0 Å². The molecule has 2 aliphatic rings. The molecule has 0 bridgehead atoms. The first-order chi connectivity index (χ1) is 11.3. The molecule has 1 aromatic carbocycles. The lowest BCUT2D eigenvalue weighted by Crippen LogP contribution is -2.36. The first-order valence-corrected chi connectivity index (χ1v) is 9.56. The van der Waals surface area contributed by atoms with Gasteiger partial charge < -0.3 is 14.7 Å². The topological polar surface area (TPSA) is 9.72 Å². The van der Waals surface area contributed by atoms with Gasteiger partial charge in [0.25, 0.3) is 0 Å². The first-order valence-electron chi connectivity index (χ1n) is 9.56. The molecule has 0 atom stereocenters. The molecule has 2 saturated heterocycles.